The molecule has 0 amide bonds. The van der Waals surface area contributed by atoms with Crippen LogP contribution in [0.25, 0.3) is 32.8 Å². The Balaban J connectivity index is 1.62. The number of carbonyl (C=O) groups excluding carboxylic acids is 1. The molecule has 0 unspecified atom stereocenters. The van der Waals surface area contributed by atoms with E-state index in [1.165, 1.54) is 0 Å². The van der Waals surface area contributed by atoms with E-state index in [0.717, 1.165) is 56.2 Å². The van der Waals surface area contributed by atoms with Crippen molar-refractivity contribution in [1.29, 1.82) is 0 Å². The molecule has 0 saturated heterocycles. The van der Waals surface area contributed by atoms with E-state index in [-0.39, 0.29) is 24.2 Å². The van der Waals surface area contributed by atoms with Crippen molar-refractivity contribution >= 4 is 41.6 Å². The maximum atomic E-state index is 13.8. The van der Waals surface area contributed by atoms with Gasteiger partial charge < -0.3 is 29.3 Å². The lowest BCUT2D eigenvalue weighted by molar-refractivity contribution is 0.0512. The number of nitrogens with two attached hydrogens (primary N) is 1. The van der Waals surface area contributed by atoms with Crippen LogP contribution in [0.5, 0.6) is 5.75 Å². The molecule has 0 aliphatic carbocycles. The highest BCUT2D eigenvalue weighted by atomic mass is 28.4. The Hall–Kier alpha value is -4.12. The van der Waals surface area contributed by atoms with Crippen LogP contribution in [0, 0.1) is 0 Å². The summed E-state index contributed by atoms with van der Waals surface area (Å²) in [4.78, 5) is 13.8. The first-order chi connectivity index (χ1) is 23.3. The molecule has 0 atom stereocenters. The number of hydrogen-bond acceptors (Lipinski definition) is 7. The Bertz CT molecular complexity index is 1950. The lowest BCUT2D eigenvalue weighted by Gasteiger charge is -2.36. The van der Waals surface area contributed by atoms with Crippen LogP contribution in [0.15, 0.2) is 54.6 Å². The Labute approximate surface area is 291 Å². The Morgan fingerprint density at radius 3 is 2.47 bits per heavy atom. The fraction of sp³-hybridized carbons (Fsp3) is 0.436. The molecule has 5 aromatic rings. The number of aliphatic hydroxyl groups is 1. The van der Waals surface area contributed by atoms with Gasteiger partial charge in [0.25, 0.3) is 0 Å². The zero-order valence-corrected chi connectivity index (χ0v) is 31.4. The molecular formula is C39H52N4O5Si. The summed E-state index contributed by atoms with van der Waals surface area (Å²) in [6.07, 6.45) is 2.00. The van der Waals surface area contributed by atoms with E-state index in [1.54, 1.807) is 4.68 Å². The number of nitrogens with zero attached hydrogens (tertiary/aromatic N) is 3. The first-order valence-electron chi connectivity index (χ1n) is 17.4. The van der Waals surface area contributed by atoms with E-state index in [4.69, 9.17) is 24.7 Å². The van der Waals surface area contributed by atoms with Gasteiger partial charge in [0.2, 0.25) is 0 Å². The number of aliphatic hydroxyl groups excluding tert-OH is 1. The maximum Gasteiger partial charge on any atom is 0.355 e. The number of aryl methyl sites for hydroxylation is 3. The molecule has 0 fully saturated rings. The average Bonchev–Trinajstić information content (AvgIpc) is 3.56. The third-order valence-electron chi connectivity index (χ3n) is 9.87. The largest absolute Gasteiger partial charge is 0.493 e. The topological polar surface area (TPSA) is 114 Å². The predicted molar refractivity (Wildman–Crippen MR) is 200 cm³/mol. The van der Waals surface area contributed by atoms with E-state index in [9.17, 15) is 9.90 Å². The van der Waals surface area contributed by atoms with Gasteiger partial charge in [0.15, 0.2) is 8.32 Å². The SMILES string of the molecule is CCCn1c(C(=O)OCC)c(CCCOc2cccc3ccccc23)c2c(N)ccc(-c3c(CO[Si](C)(C)C(C)(C)C)nn(C)c3CO)c21. The second-order valence-electron chi connectivity index (χ2n) is 14.2. The van der Waals surface area contributed by atoms with Gasteiger partial charge in [-0.3, -0.25) is 4.68 Å². The lowest BCUT2D eigenvalue weighted by Crippen LogP contribution is -2.40. The number of ether oxygens (including phenoxy) is 2. The standard InChI is InChI=1S/C39H52N4O5Si/c1-9-22-43-36-29(35-31(41-42(6)32(35)24-44)25-48-49(7,8)39(3,4)5)20-21-30(40)34(36)28(37(43)38(45)46-10-2)18-14-23-47-33-19-13-16-26-15-11-12-17-27(26)33/h11-13,15-17,19-21,44H,9-10,14,18,22-25,40H2,1-8H3. The van der Waals surface area contributed by atoms with Gasteiger partial charge in [-0.1, -0.05) is 70.2 Å². The molecule has 3 N–H and O–H groups in total. The second-order valence-corrected chi connectivity index (χ2v) is 19.0. The lowest BCUT2D eigenvalue weighted by atomic mass is 9.97. The van der Waals surface area contributed by atoms with E-state index in [2.05, 4.69) is 63.6 Å². The summed E-state index contributed by atoms with van der Waals surface area (Å²) >= 11 is 0. The quantitative estimate of drug-likeness (QED) is 0.0523. The predicted octanol–water partition coefficient (Wildman–Crippen LogP) is 8.39. The number of nitrogen functional groups attached to an aromatic ring is 1. The number of hydrogen-bond donors (Lipinski definition) is 2. The molecule has 0 spiro atoms. The third-order valence-corrected chi connectivity index (χ3v) is 14.3. The minimum atomic E-state index is -2.11. The zero-order chi connectivity index (χ0) is 35.5. The van der Waals surface area contributed by atoms with Crippen molar-refractivity contribution in [3.05, 3.63) is 77.2 Å². The summed E-state index contributed by atoms with van der Waals surface area (Å²) in [5.41, 5.74) is 12.7. The minimum absolute atomic E-state index is 0.0206. The van der Waals surface area contributed by atoms with Crippen molar-refractivity contribution in [2.45, 2.75) is 91.8 Å². The summed E-state index contributed by atoms with van der Waals surface area (Å²) in [7, 11) is -0.271. The first-order valence-corrected chi connectivity index (χ1v) is 20.3. The molecule has 9 nitrogen and oxygen atoms in total. The molecular weight excluding hydrogens is 633 g/mol. The molecule has 0 radical (unpaired) electrons. The molecule has 262 valence electrons. The van der Waals surface area contributed by atoms with E-state index in [1.807, 2.05) is 50.4 Å². The molecule has 49 heavy (non-hydrogen) atoms. The van der Waals surface area contributed by atoms with Gasteiger partial charge in [0, 0.05) is 41.2 Å². The van der Waals surface area contributed by atoms with Crippen LogP contribution in [0.3, 0.4) is 0 Å². The van der Waals surface area contributed by atoms with Gasteiger partial charge in [0.05, 0.1) is 43.3 Å². The van der Waals surface area contributed by atoms with Crippen molar-refractivity contribution < 1.29 is 23.8 Å². The summed E-state index contributed by atoms with van der Waals surface area (Å²) in [6, 6.07) is 18.1. The molecule has 2 aromatic heterocycles. The highest BCUT2D eigenvalue weighted by Gasteiger charge is 2.38. The molecule has 3 aromatic carbocycles. The number of carbonyl (C=O) groups is 1. The highest BCUT2D eigenvalue weighted by molar-refractivity contribution is 6.74. The molecule has 2 heterocycles. The fourth-order valence-electron chi connectivity index (χ4n) is 6.35. The van der Waals surface area contributed by atoms with Gasteiger partial charge in [-0.15, -0.1) is 0 Å². The highest BCUT2D eigenvalue weighted by Crippen LogP contribution is 2.43. The van der Waals surface area contributed by atoms with E-state index < -0.39 is 8.32 Å². The second kappa shape index (κ2) is 14.8. The number of benzene rings is 3. The third kappa shape index (κ3) is 7.13. The van der Waals surface area contributed by atoms with Gasteiger partial charge in [-0.25, -0.2) is 4.79 Å². The number of rotatable bonds is 14. The summed E-state index contributed by atoms with van der Waals surface area (Å²) in [6.45, 7) is 16.4. The van der Waals surface area contributed by atoms with Crippen molar-refractivity contribution in [2.75, 3.05) is 18.9 Å². The van der Waals surface area contributed by atoms with Gasteiger partial charge >= 0.3 is 5.97 Å². The van der Waals surface area contributed by atoms with Crippen molar-refractivity contribution in [1.82, 2.24) is 14.3 Å². The van der Waals surface area contributed by atoms with Crippen LogP contribution in [-0.2, 0) is 42.4 Å². The van der Waals surface area contributed by atoms with Gasteiger partial charge in [-0.2, -0.15) is 5.10 Å². The van der Waals surface area contributed by atoms with E-state index in [0.29, 0.717) is 49.7 Å². The van der Waals surface area contributed by atoms with Crippen LogP contribution < -0.4 is 10.5 Å². The van der Waals surface area contributed by atoms with Crippen molar-refractivity contribution in [3.63, 3.8) is 0 Å². The Morgan fingerprint density at radius 2 is 1.78 bits per heavy atom. The smallest absolute Gasteiger partial charge is 0.355 e. The summed E-state index contributed by atoms with van der Waals surface area (Å²) in [5.74, 6) is 0.456. The summed E-state index contributed by atoms with van der Waals surface area (Å²) in [5, 5.41) is 18.5. The molecule has 0 saturated carbocycles. The Kier molecular flexibility index (Phi) is 10.9. The molecule has 0 bridgehead atoms. The molecule has 0 aliphatic rings. The molecule has 0 aliphatic heterocycles. The maximum absolute atomic E-state index is 13.8. The van der Waals surface area contributed by atoms with Crippen molar-refractivity contribution in [3.8, 4) is 16.9 Å². The first kappa shape index (κ1) is 36.2. The van der Waals surface area contributed by atoms with Crippen LogP contribution in [0.1, 0.15) is 74.9 Å². The van der Waals surface area contributed by atoms with Crippen LogP contribution in [-0.4, -0.2) is 47.0 Å². The van der Waals surface area contributed by atoms with Crippen LogP contribution in [0.4, 0.5) is 5.69 Å². The van der Waals surface area contributed by atoms with Crippen LogP contribution in [0.2, 0.25) is 18.1 Å². The minimum Gasteiger partial charge on any atom is -0.493 e. The number of aromatic nitrogens is 3. The Morgan fingerprint density at radius 1 is 1.04 bits per heavy atom. The zero-order valence-electron chi connectivity index (χ0n) is 30.4. The molecule has 5 rings (SSSR count). The normalized spacial score (nSPS) is 12.3. The number of esters is 1. The summed E-state index contributed by atoms with van der Waals surface area (Å²) < 4.78 is 22.4. The fourth-order valence-corrected chi connectivity index (χ4v) is 7.28. The van der Waals surface area contributed by atoms with Crippen molar-refractivity contribution in [2.24, 2.45) is 7.05 Å². The van der Waals surface area contributed by atoms with E-state index >= 15 is 0 Å². The van der Waals surface area contributed by atoms with Gasteiger partial charge in [-0.05, 0) is 67.4 Å². The molecule has 10 heteroatoms. The average molecular weight is 685 g/mol. The monoisotopic (exact) mass is 684 g/mol. The number of fused-ring (bicyclic) bond motifs is 2. The number of anilines is 1. The van der Waals surface area contributed by atoms with Gasteiger partial charge in [0.1, 0.15) is 11.4 Å². The van der Waals surface area contributed by atoms with Crippen LogP contribution >= 0.6 is 0 Å².